The topological polar surface area (TPSA) is 99.6 Å². The van der Waals surface area contributed by atoms with Gasteiger partial charge in [-0.15, -0.1) is 0 Å². The Morgan fingerprint density at radius 1 is 1.00 bits per heavy atom. The molecule has 0 aliphatic carbocycles. The lowest BCUT2D eigenvalue weighted by atomic mass is 9.74. The molecule has 1 aromatic rings. The average Bonchev–Trinajstić information content (AvgIpc) is 3.22. The summed E-state index contributed by atoms with van der Waals surface area (Å²) in [6.07, 6.45) is 9.79. The number of carbonyl (C=O) groups excluding carboxylic acids is 3. The van der Waals surface area contributed by atoms with Crippen LogP contribution in [0.5, 0.6) is 5.75 Å². The molecule has 4 aliphatic rings. The predicted octanol–water partition coefficient (Wildman–Crippen LogP) is 3.32. The maximum Gasteiger partial charge on any atom is 0.249 e. The van der Waals surface area contributed by atoms with Gasteiger partial charge in [-0.05, 0) is 57.9 Å². The lowest BCUT2D eigenvalue weighted by Gasteiger charge is -2.41. The number of hydrogen-bond donors (Lipinski definition) is 1. The summed E-state index contributed by atoms with van der Waals surface area (Å²) in [4.78, 5) is 48.4. The Morgan fingerprint density at radius 2 is 1.71 bits per heavy atom. The first kappa shape index (κ1) is 29.3. The largest absolute Gasteiger partial charge is 0.494 e. The van der Waals surface area contributed by atoms with E-state index in [0.29, 0.717) is 37.6 Å². The third-order valence-corrected chi connectivity index (χ3v) is 9.30. The third kappa shape index (κ3) is 4.57. The number of amides is 3. The van der Waals surface area contributed by atoms with Crippen LogP contribution in [-0.2, 0) is 19.1 Å². The second-order valence-corrected chi connectivity index (χ2v) is 11.8. The van der Waals surface area contributed by atoms with E-state index >= 15 is 0 Å². The molecule has 9 heteroatoms. The number of carbonyl (C=O) groups is 3. The number of hydrogen-bond acceptors (Lipinski definition) is 6. The maximum absolute atomic E-state index is 14.5. The van der Waals surface area contributed by atoms with E-state index in [9.17, 15) is 19.5 Å². The molecule has 41 heavy (non-hydrogen) atoms. The van der Waals surface area contributed by atoms with Crippen molar-refractivity contribution in [3.63, 3.8) is 0 Å². The van der Waals surface area contributed by atoms with Gasteiger partial charge < -0.3 is 29.3 Å². The monoisotopic (exact) mass is 565 g/mol. The molecular weight excluding hydrogens is 522 g/mol. The van der Waals surface area contributed by atoms with Crippen molar-refractivity contribution in [1.82, 2.24) is 9.80 Å². The van der Waals surface area contributed by atoms with Crippen LogP contribution in [0.3, 0.4) is 0 Å². The van der Waals surface area contributed by atoms with E-state index in [-0.39, 0.29) is 30.4 Å². The van der Waals surface area contributed by atoms with Crippen molar-refractivity contribution in [1.29, 1.82) is 0 Å². The fourth-order valence-electron chi connectivity index (χ4n) is 7.38. The molecule has 5 rings (SSSR count). The van der Waals surface area contributed by atoms with E-state index in [1.54, 1.807) is 4.90 Å². The Labute approximate surface area is 242 Å². The zero-order chi connectivity index (χ0) is 29.5. The molecule has 2 fully saturated rings. The van der Waals surface area contributed by atoms with Crippen LogP contribution in [0, 0.1) is 11.8 Å². The quantitative estimate of drug-likeness (QED) is 0.462. The van der Waals surface area contributed by atoms with Gasteiger partial charge in [0.2, 0.25) is 17.7 Å². The van der Waals surface area contributed by atoms with Gasteiger partial charge >= 0.3 is 0 Å². The molecule has 3 amide bonds. The van der Waals surface area contributed by atoms with Gasteiger partial charge in [0.1, 0.15) is 17.4 Å². The highest BCUT2D eigenvalue weighted by molar-refractivity contribution is 6.04. The van der Waals surface area contributed by atoms with Crippen LogP contribution < -0.4 is 9.64 Å². The van der Waals surface area contributed by atoms with Crippen molar-refractivity contribution in [2.24, 2.45) is 11.8 Å². The summed E-state index contributed by atoms with van der Waals surface area (Å²) in [5, 5.41) is 10.3. The number of ether oxygens (including phenoxy) is 2. The minimum Gasteiger partial charge on any atom is -0.494 e. The average molecular weight is 566 g/mol. The number of fused-ring (bicyclic) bond motifs is 2. The molecule has 1 spiro atoms. The van der Waals surface area contributed by atoms with Gasteiger partial charge in [-0.3, -0.25) is 14.4 Å². The van der Waals surface area contributed by atoms with Crippen LogP contribution >= 0.6 is 0 Å². The Balaban J connectivity index is 1.61. The van der Waals surface area contributed by atoms with Gasteiger partial charge in [-0.1, -0.05) is 44.6 Å². The third-order valence-electron chi connectivity index (χ3n) is 9.30. The molecule has 0 aromatic heterocycles. The number of aliphatic hydroxyl groups is 1. The molecule has 0 radical (unpaired) electrons. The molecule has 4 heterocycles. The van der Waals surface area contributed by atoms with Gasteiger partial charge in [0, 0.05) is 24.8 Å². The van der Waals surface area contributed by atoms with Crippen LogP contribution in [0.4, 0.5) is 5.69 Å². The van der Waals surface area contributed by atoms with Gasteiger partial charge in [0.25, 0.3) is 0 Å². The summed E-state index contributed by atoms with van der Waals surface area (Å²) >= 11 is 0. The second kappa shape index (κ2) is 11.2. The summed E-state index contributed by atoms with van der Waals surface area (Å²) in [7, 11) is 0. The number of rotatable bonds is 9. The normalized spacial score (nSPS) is 32.4. The van der Waals surface area contributed by atoms with E-state index in [1.807, 2.05) is 81.2 Å². The van der Waals surface area contributed by atoms with Gasteiger partial charge in [-0.25, -0.2) is 0 Å². The Morgan fingerprint density at radius 3 is 2.34 bits per heavy atom. The minimum absolute atomic E-state index is 0.0309. The smallest absolute Gasteiger partial charge is 0.249 e. The lowest BCUT2D eigenvalue weighted by Crippen LogP contribution is -2.59. The summed E-state index contributed by atoms with van der Waals surface area (Å²) in [5.41, 5.74) is -1.74. The fraction of sp³-hybridized carbons (Fsp3) is 0.594. The Hall–Kier alpha value is -3.17. The van der Waals surface area contributed by atoms with Crippen molar-refractivity contribution >= 4 is 23.4 Å². The van der Waals surface area contributed by atoms with Crippen LogP contribution in [0.2, 0.25) is 0 Å². The molecule has 2 unspecified atom stereocenters. The van der Waals surface area contributed by atoms with Crippen molar-refractivity contribution in [2.45, 2.75) is 83.2 Å². The van der Waals surface area contributed by atoms with E-state index < -0.39 is 35.1 Å². The van der Waals surface area contributed by atoms with Crippen LogP contribution in [-0.4, -0.2) is 88.3 Å². The van der Waals surface area contributed by atoms with E-state index in [4.69, 9.17) is 9.47 Å². The van der Waals surface area contributed by atoms with E-state index in [0.717, 1.165) is 12.8 Å². The number of anilines is 1. The first-order chi connectivity index (χ1) is 19.7. The molecule has 0 saturated carbocycles. The molecule has 2 saturated heterocycles. The fourth-order valence-corrected chi connectivity index (χ4v) is 7.38. The minimum atomic E-state index is -1.33. The highest BCUT2D eigenvalue weighted by Gasteiger charge is 2.75. The Bertz CT molecular complexity index is 1230. The Kier molecular flexibility index (Phi) is 8.05. The maximum atomic E-state index is 14.5. The molecule has 1 aromatic carbocycles. The van der Waals surface area contributed by atoms with Crippen LogP contribution in [0.25, 0.3) is 0 Å². The van der Waals surface area contributed by atoms with Crippen molar-refractivity contribution < 1.29 is 29.0 Å². The zero-order valence-corrected chi connectivity index (χ0v) is 24.8. The number of likely N-dealkylation sites (tertiary alicyclic amines) is 1. The van der Waals surface area contributed by atoms with E-state index in [1.165, 1.54) is 4.90 Å². The zero-order valence-electron chi connectivity index (χ0n) is 24.8. The van der Waals surface area contributed by atoms with Gasteiger partial charge in [-0.2, -0.15) is 0 Å². The lowest BCUT2D eigenvalue weighted by molar-refractivity contribution is -0.155. The molecule has 0 bridgehead atoms. The molecule has 1 N–H and O–H groups in total. The summed E-state index contributed by atoms with van der Waals surface area (Å²) in [6, 6.07) is 5.78. The standard InChI is InChI=1S/C32H43N3O6/c1-6-11-21(4)33-18-10-17-32-26(29(38)35(22(7-2)20-36)27(32)30(33)39)25-28(37)34(19-9-16-31(25,5)41-32)23-12-14-24(15-13-23)40-8-3/h9-10,12-17,21-22,25-27,36H,6-8,11,18-20H2,1-5H3/t21?,22-,25-,26-,27?,31+,32-/m0/s1. The van der Waals surface area contributed by atoms with Crippen LogP contribution in [0.15, 0.2) is 48.6 Å². The van der Waals surface area contributed by atoms with Gasteiger partial charge in [0.15, 0.2) is 0 Å². The van der Waals surface area contributed by atoms with Crippen LogP contribution in [0.1, 0.15) is 53.9 Å². The SMILES string of the molecule is CCCC(C)N1CC=C[C@]23O[C@]4(C)C=CCN(c5ccc(OCC)cc5)C(=O)[C@@H]4[C@H]2C(=O)N([C@@H](CC)CO)C3C1=O. The first-order valence-electron chi connectivity index (χ1n) is 15.0. The van der Waals surface area contributed by atoms with Gasteiger partial charge in [0.05, 0.1) is 36.7 Å². The number of aliphatic hydroxyl groups excluding tert-OH is 1. The highest BCUT2D eigenvalue weighted by Crippen LogP contribution is 2.58. The summed E-state index contributed by atoms with van der Waals surface area (Å²) in [5.74, 6) is -1.80. The van der Waals surface area contributed by atoms with Crippen molar-refractivity contribution in [3.8, 4) is 5.75 Å². The molecule has 7 atom stereocenters. The first-order valence-corrected chi connectivity index (χ1v) is 15.0. The summed E-state index contributed by atoms with van der Waals surface area (Å²) < 4.78 is 12.5. The van der Waals surface area contributed by atoms with E-state index in [2.05, 4.69) is 6.92 Å². The number of benzene rings is 1. The molecular formula is C32H43N3O6. The number of nitrogens with zero attached hydrogens (tertiary/aromatic N) is 3. The molecule has 9 nitrogen and oxygen atoms in total. The predicted molar refractivity (Wildman–Crippen MR) is 155 cm³/mol. The molecule has 222 valence electrons. The summed E-state index contributed by atoms with van der Waals surface area (Å²) in [6.45, 7) is 10.7. The molecule has 4 aliphatic heterocycles. The second-order valence-electron chi connectivity index (χ2n) is 11.8. The van der Waals surface area contributed by atoms with Crippen molar-refractivity contribution in [3.05, 3.63) is 48.6 Å². The highest BCUT2D eigenvalue weighted by atomic mass is 16.5. The van der Waals surface area contributed by atoms with Crippen molar-refractivity contribution in [2.75, 3.05) is 31.2 Å².